The maximum atomic E-state index is 13.4. The van der Waals surface area contributed by atoms with Gasteiger partial charge in [-0.15, -0.1) is 11.3 Å². The molecule has 1 aliphatic heterocycles. The molecule has 1 fully saturated rings. The zero-order chi connectivity index (χ0) is 23.0. The molecule has 33 heavy (non-hydrogen) atoms. The third-order valence-corrected chi connectivity index (χ3v) is 8.98. The zero-order valence-electron chi connectivity index (χ0n) is 18.6. The van der Waals surface area contributed by atoms with Gasteiger partial charge in [0, 0.05) is 62.1 Å². The number of fused-ring (bicyclic) bond motifs is 1. The monoisotopic (exact) mass is 482 g/mol. The minimum absolute atomic E-state index is 0.379. The van der Waals surface area contributed by atoms with Crippen LogP contribution < -0.4 is 9.64 Å². The number of aromatic nitrogens is 2. The molecule has 0 amide bonds. The molecule has 2 aromatic carbocycles. The third kappa shape index (κ3) is 4.23. The van der Waals surface area contributed by atoms with Crippen LogP contribution in [-0.4, -0.2) is 55.6 Å². The number of nitrogens with zero attached hydrogens (tertiary/aromatic N) is 4. The normalized spacial score (nSPS) is 15.3. The molecule has 1 saturated heterocycles. The maximum Gasteiger partial charge on any atom is 0.243 e. The van der Waals surface area contributed by atoms with E-state index in [1.165, 1.54) is 0 Å². The van der Waals surface area contributed by atoms with Crippen molar-refractivity contribution >= 4 is 37.4 Å². The number of methoxy groups -OCH3 is 1. The number of piperazine rings is 1. The van der Waals surface area contributed by atoms with Crippen molar-refractivity contribution in [3.63, 3.8) is 0 Å². The first kappa shape index (κ1) is 21.9. The molecule has 3 heterocycles. The van der Waals surface area contributed by atoms with Crippen molar-refractivity contribution in [2.75, 3.05) is 38.2 Å². The zero-order valence-corrected chi connectivity index (χ0v) is 20.3. The molecule has 0 atom stereocenters. The first-order valence-electron chi connectivity index (χ1n) is 10.8. The molecule has 2 aromatic heterocycles. The molecule has 1 aliphatic rings. The van der Waals surface area contributed by atoms with Gasteiger partial charge in [0.1, 0.15) is 5.75 Å². The average molecular weight is 483 g/mol. The lowest BCUT2D eigenvalue weighted by Crippen LogP contribution is -2.48. The molecular formula is C24H26N4O3S2. The van der Waals surface area contributed by atoms with Gasteiger partial charge in [0.25, 0.3) is 0 Å². The van der Waals surface area contributed by atoms with Gasteiger partial charge in [-0.1, -0.05) is 18.2 Å². The Kier molecular flexibility index (Phi) is 5.86. The van der Waals surface area contributed by atoms with E-state index in [1.54, 1.807) is 28.8 Å². The summed E-state index contributed by atoms with van der Waals surface area (Å²) < 4.78 is 35.6. The summed E-state index contributed by atoms with van der Waals surface area (Å²) in [5, 5.41) is 3.79. The van der Waals surface area contributed by atoms with E-state index in [9.17, 15) is 8.42 Å². The number of hydrogen-bond donors (Lipinski definition) is 0. The average Bonchev–Trinajstić information content (AvgIpc) is 3.46. The molecule has 0 aliphatic carbocycles. The molecule has 7 nitrogen and oxygen atoms in total. The second-order valence-corrected chi connectivity index (χ2v) is 10.9. The fraction of sp³-hybridized carbons (Fsp3) is 0.292. The highest BCUT2D eigenvalue weighted by molar-refractivity contribution is 7.89. The van der Waals surface area contributed by atoms with E-state index >= 15 is 0 Å². The molecule has 9 heteroatoms. The van der Waals surface area contributed by atoms with Gasteiger partial charge in [0.2, 0.25) is 10.0 Å². The minimum Gasteiger partial charge on any atom is -0.497 e. The Morgan fingerprint density at radius 1 is 1.06 bits per heavy atom. The van der Waals surface area contributed by atoms with Gasteiger partial charge in [-0.25, -0.2) is 13.4 Å². The van der Waals surface area contributed by atoms with Gasteiger partial charge >= 0.3 is 0 Å². The first-order chi connectivity index (χ1) is 16.0. The Morgan fingerprint density at radius 2 is 1.85 bits per heavy atom. The van der Waals surface area contributed by atoms with Crippen LogP contribution in [0.4, 0.5) is 5.13 Å². The predicted octanol–water partition coefficient (Wildman–Crippen LogP) is 3.75. The number of thiazole rings is 1. The van der Waals surface area contributed by atoms with Crippen molar-refractivity contribution in [3.8, 4) is 5.75 Å². The number of benzene rings is 2. The molecule has 4 aromatic rings. The highest BCUT2D eigenvalue weighted by Gasteiger charge is 2.30. The number of aryl methyl sites for hydroxylation is 1. The number of sulfonamides is 1. The summed E-state index contributed by atoms with van der Waals surface area (Å²) in [4.78, 5) is 7.36. The quantitative estimate of drug-likeness (QED) is 0.419. The second kappa shape index (κ2) is 8.81. The van der Waals surface area contributed by atoms with Crippen LogP contribution in [-0.2, 0) is 23.5 Å². The topological polar surface area (TPSA) is 67.7 Å². The van der Waals surface area contributed by atoms with Crippen LogP contribution in [0, 0.1) is 0 Å². The van der Waals surface area contributed by atoms with Crippen molar-refractivity contribution in [3.05, 3.63) is 71.4 Å². The number of hydrogen-bond acceptors (Lipinski definition) is 6. The van der Waals surface area contributed by atoms with E-state index in [0.717, 1.165) is 39.5 Å². The second-order valence-electron chi connectivity index (χ2n) is 8.16. The van der Waals surface area contributed by atoms with Gasteiger partial charge < -0.3 is 14.2 Å². The molecule has 0 N–H and O–H groups in total. The van der Waals surface area contributed by atoms with E-state index in [1.807, 2.05) is 54.2 Å². The summed E-state index contributed by atoms with van der Waals surface area (Å²) >= 11 is 1.61. The highest BCUT2D eigenvalue weighted by atomic mass is 32.2. The first-order valence-corrected chi connectivity index (χ1v) is 13.1. The van der Waals surface area contributed by atoms with Crippen molar-refractivity contribution in [2.45, 2.75) is 11.3 Å². The van der Waals surface area contributed by atoms with Gasteiger partial charge in [-0.2, -0.15) is 4.31 Å². The fourth-order valence-electron chi connectivity index (χ4n) is 4.27. The van der Waals surface area contributed by atoms with Crippen molar-refractivity contribution in [1.29, 1.82) is 0 Å². The third-order valence-electron chi connectivity index (χ3n) is 6.07. The molecule has 0 bridgehead atoms. The lowest BCUT2D eigenvalue weighted by atomic mass is 10.1. The maximum absolute atomic E-state index is 13.4. The van der Waals surface area contributed by atoms with E-state index < -0.39 is 10.0 Å². The summed E-state index contributed by atoms with van der Waals surface area (Å²) in [5.74, 6) is 0.839. The minimum atomic E-state index is -3.56. The number of anilines is 1. The molecule has 0 spiro atoms. The number of rotatable bonds is 6. The highest BCUT2D eigenvalue weighted by Crippen LogP contribution is 2.29. The largest absolute Gasteiger partial charge is 0.497 e. The molecule has 5 rings (SSSR count). The van der Waals surface area contributed by atoms with Crippen molar-refractivity contribution in [1.82, 2.24) is 13.9 Å². The molecule has 0 saturated carbocycles. The SMILES string of the molecule is COc1cccc(Cc2csc(N3CCN(S(=O)(=O)c4cccc5c4ccn5C)CC3)n2)c1. The van der Waals surface area contributed by atoms with Crippen LogP contribution in [0.5, 0.6) is 5.75 Å². The van der Waals surface area contributed by atoms with E-state index in [0.29, 0.717) is 31.1 Å². The van der Waals surface area contributed by atoms with E-state index in [4.69, 9.17) is 9.72 Å². The van der Waals surface area contributed by atoms with Crippen LogP contribution in [0.15, 0.2) is 65.0 Å². The van der Waals surface area contributed by atoms with E-state index in [2.05, 4.69) is 16.3 Å². The molecule has 0 unspecified atom stereocenters. The van der Waals surface area contributed by atoms with Crippen LogP contribution >= 0.6 is 11.3 Å². The van der Waals surface area contributed by atoms with Crippen LogP contribution in [0.3, 0.4) is 0 Å². The summed E-state index contributed by atoms with van der Waals surface area (Å²) in [6, 6.07) is 15.3. The van der Waals surface area contributed by atoms with Gasteiger partial charge in [-0.3, -0.25) is 0 Å². The molecule has 0 radical (unpaired) electrons. The van der Waals surface area contributed by atoms with Gasteiger partial charge in [0.05, 0.1) is 17.7 Å². The van der Waals surface area contributed by atoms with Gasteiger partial charge in [0.15, 0.2) is 5.13 Å². The van der Waals surface area contributed by atoms with Crippen molar-refractivity contribution in [2.24, 2.45) is 7.05 Å². The summed E-state index contributed by atoms with van der Waals surface area (Å²) in [6.45, 7) is 2.12. The lowest BCUT2D eigenvalue weighted by molar-refractivity contribution is 0.385. The summed E-state index contributed by atoms with van der Waals surface area (Å²) in [5.41, 5.74) is 3.08. The Labute approximate surface area is 197 Å². The Bertz CT molecular complexity index is 1390. The summed E-state index contributed by atoms with van der Waals surface area (Å²) in [6.07, 6.45) is 2.64. The van der Waals surface area contributed by atoms with Crippen LogP contribution in [0.25, 0.3) is 10.9 Å². The summed E-state index contributed by atoms with van der Waals surface area (Å²) in [7, 11) is 0.0330. The Balaban J connectivity index is 1.27. The fourth-order valence-corrected chi connectivity index (χ4v) is 6.77. The Hall–Kier alpha value is -2.88. The van der Waals surface area contributed by atoms with Crippen LogP contribution in [0.1, 0.15) is 11.3 Å². The molecule has 172 valence electrons. The smallest absolute Gasteiger partial charge is 0.243 e. The lowest BCUT2D eigenvalue weighted by Gasteiger charge is -2.33. The predicted molar refractivity (Wildman–Crippen MR) is 132 cm³/mol. The molecular weight excluding hydrogens is 456 g/mol. The Morgan fingerprint density at radius 3 is 2.64 bits per heavy atom. The standard InChI is InChI=1S/C24H26N4O3S2/c1-26-10-9-21-22(26)7-4-8-23(21)33(29,30)28-13-11-27(12-14-28)24-25-19(17-32-24)15-18-5-3-6-20(16-18)31-2/h3-10,16-17H,11-15H2,1-2H3. The van der Waals surface area contributed by atoms with Crippen molar-refractivity contribution < 1.29 is 13.2 Å². The van der Waals surface area contributed by atoms with Gasteiger partial charge in [-0.05, 0) is 35.9 Å². The van der Waals surface area contributed by atoms with E-state index in [-0.39, 0.29) is 0 Å². The van der Waals surface area contributed by atoms with Crippen LogP contribution in [0.2, 0.25) is 0 Å². The number of ether oxygens (including phenoxy) is 1.